The van der Waals surface area contributed by atoms with Gasteiger partial charge in [-0.3, -0.25) is 40.5 Å². The van der Waals surface area contributed by atoms with E-state index in [1.165, 1.54) is 0 Å². The van der Waals surface area contributed by atoms with Crippen molar-refractivity contribution in [1.29, 1.82) is 0 Å². The standard InChI is InChI=1S/C13H13N5O9/c1-13(2,18(26)27)9-7-4-6(15(20)21)5-8(16(22)23)10(7)14(3)12(19)11(9)17(24)25/h4-5,9,19H,1-3H3/t9-/m1/s1. The average molecular weight is 383 g/mol. The van der Waals surface area contributed by atoms with E-state index in [4.69, 9.17) is 0 Å². The zero-order valence-electron chi connectivity index (χ0n) is 14.2. The summed E-state index contributed by atoms with van der Waals surface area (Å²) < 4.78 is 0. The highest BCUT2D eigenvalue weighted by Crippen LogP contribution is 2.51. The van der Waals surface area contributed by atoms with Crippen molar-refractivity contribution < 1.29 is 24.8 Å². The third kappa shape index (κ3) is 2.86. The lowest BCUT2D eigenvalue weighted by molar-refractivity contribution is -0.571. The first kappa shape index (κ1) is 19.5. The first-order chi connectivity index (χ1) is 12.3. The van der Waals surface area contributed by atoms with E-state index in [1.54, 1.807) is 0 Å². The van der Waals surface area contributed by atoms with Crippen molar-refractivity contribution in [3.05, 3.63) is 69.7 Å². The Labute approximate surface area is 149 Å². The van der Waals surface area contributed by atoms with Gasteiger partial charge in [0.2, 0.25) is 5.54 Å². The Morgan fingerprint density at radius 3 is 1.96 bits per heavy atom. The molecule has 1 aliphatic rings. The topological polar surface area (TPSA) is 196 Å². The van der Waals surface area contributed by atoms with Gasteiger partial charge in [-0.15, -0.1) is 0 Å². The van der Waals surface area contributed by atoms with Gasteiger partial charge < -0.3 is 10.0 Å². The summed E-state index contributed by atoms with van der Waals surface area (Å²) in [5.41, 5.74) is -5.45. The average Bonchev–Trinajstić information content (AvgIpc) is 2.55. The van der Waals surface area contributed by atoms with Gasteiger partial charge >= 0.3 is 5.70 Å². The monoisotopic (exact) mass is 383 g/mol. The van der Waals surface area contributed by atoms with Crippen LogP contribution in [0.15, 0.2) is 23.7 Å². The fourth-order valence-corrected chi connectivity index (χ4v) is 3.02. The van der Waals surface area contributed by atoms with E-state index in [2.05, 4.69) is 0 Å². The third-order valence-electron chi connectivity index (χ3n) is 4.35. The maximum absolute atomic E-state index is 11.5. The minimum Gasteiger partial charge on any atom is -0.490 e. The minimum absolute atomic E-state index is 0.371. The second kappa shape index (κ2) is 6.15. The molecular weight excluding hydrogens is 370 g/mol. The Hall–Kier alpha value is -3.84. The van der Waals surface area contributed by atoms with Crippen LogP contribution < -0.4 is 4.90 Å². The summed E-state index contributed by atoms with van der Waals surface area (Å²) >= 11 is 0. The van der Waals surface area contributed by atoms with Gasteiger partial charge in [-0.05, 0) is 0 Å². The molecule has 0 unspecified atom stereocenters. The summed E-state index contributed by atoms with van der Waals surface area (Å²) in [5.74, 6) is -2.81. The molecule has 0 bridgehead atoms. The van der Waals surface area contributed by atoms with Crippen LogP contribution in [0, 0.1) is 40.5 Å². The van der Waals surface area contributed by atoms with Crippen LogP contribution in [0.3, 0.4) is 0 Å². The van der Waals surface area contributed by atoms with E-state index in [0.29, 0.717) is 11.0 Å². The molecule has 0 saturated carbocycles. The fraction of sp³-hybridized carbons (Fsp3) is 0.385. The number of aliphatic hydroxyl groups excluding tert-OH is 1. The molecule has 2 rings (SSSR count). The predicted octanol–water partition coefficient (Wildman–Crippen LogP) is 2.10. The quantitative estimate of drug-likeness (QED) is 0.580. The van der Waals surface area contributed by atoms with E-state index >= 15 is 0 Å². The highest BCUT2D eigenvalue weighted by Gasteiger charge is 2.56. The summed E-state index contributed by atoms with van der Waals surface area (Å²) in [4.78, 5) is 42.5. The number of rotatable bonds is 5. The van der Waals surface area contributed by atoms with Crippen LogP contribution in [0.25, 0.3) is 0 Å². The number of hydrogen-bond donors (Lipinski definition) is 1. The highest BCUT2D eigenvalue weighted by atomic mass is 16.6. The smallest absolute Gasteiger partial charge is 0.320 e. The van der Waals surface area contributed by atoms with Crippen molar-refractivity contribution in [3.8, 4) is 0 Å². The molecule has 1 atom stereocenters. The summed E-state index contributed by atoms with van der Waals surface area (Å²) in [6, 6.07) is 1.43. The number of nitro benzene ring substituents is 2. The molecule has 0 saturated heterocycles. The minimum atomic E-state index is -2.12. The van der Waals surface area contributed by atoms with Crippen LogP contribution in [-0.4, -0.2) is 37.4 Å². The van der Waals surface area contributed by atoms with Crippen LogP contribution >= 0.6 is 0 Å². The molecule has 0 amide bonds. The molecule has 0 fully saturated rings. The number of non-ortho nitro benzene ring substituents is 1. The molecule has 1 aromatic carbocycles. The molecule has 1 aliphatic heterocycles. The molecule has 1 heterocycles. The predicted molar refractivity (Wildman–Crippen MR) is 88.6 cm³/mol. The van der Waals surface area contributed by atoms with Crippen molar-refractivity contribution in [2.24, 2.45) is 0 Å². The second-order valence-electron chi connectivity index (χ2n) is 6.29. The third-order valence-corrected chi connectivity index (χ3v) is 4.35. The Balaban J connectivity index is 3.03. The van der Waals surface area contributed by atoms with E-state index in [-0.39, 0.29) is 5.56 Å². The van der Waals surface area contributed by atoms with Gasteiger partial charge in [0, 0.05) is 37.4 Å². The number of aliphatic hydroxyl groups is 1. The number of nitro groups is 4. The lowest BCUT2D eigenvalue weighted by Crippen LogP contribution is -2.44. The molecule has 27 heavy (non-hydrogen) atoms. The molecular formula is C13H13N5O9. The maximum Gasteiger partial charge on any atom is 0.320 e. The Morgan fingerprint density at radius 2 is 1.56 bits per heavy atom. The van der Waals surface area contributed by atoms with Crippen LogP contribution in [0.2, 0.25) is 0 Å². The van der Waals surface area contributed by atoms with Crippen molar-refractivity contribution >= 4 is 17.1 Å². The molecule has 1 aromatic rings. The maximum atomic E-state index is 11.5. The zero-order valence-corrected chi connectivity index (χ0v) is 14.2. The van der Waals surface area contributed by atoms with Crippen molar-refractivity contribution in [1.82, 2.24) is 0 Å². The van der Waals surface area contributed by atoms with Crippen molar-refractivity contribution in [3.63, 3.8) is 0 Å². The Morgan fingerprint density at radius 1 is 1.00 bits per heavy atom. The van der Waals surface area contributed by atoms with Gasteiger partial charge in [0.1, 0.15) is 5.69 Å². The van der Waals surface area contributed by atoms with Crippen LogP contribution in [0.4, 0.5) is 17.1 Å². The van der Waals surface area contributed by atoms with Gasteiger partial charge in [-0.2, -0.15) is 0 Å². The number of hydrogen-bond acceptors (Lipinski definition) is 10. The van der Waals surface area contributed by atoms with Crippen molar-refractivity contribution in [2.75, 3.05) is 11.9 Å². The number of nitrogens with zero attached hydrogens (tertiary/aromatic N) is 5. The summed E-state index contributed by atoms with van der Waals surface area (Å²) in [6.45, 7) is 2.04. The fourth-order valence-electron chi connectivity index (χ4n) is 3.02. The van der Waals surface area contributed by atoms with Gasteiger partial charge in [0.25, 0.3) is 17.3 Å². The summed E-state index contributed by atoms with van der Waals surface area (Å²) in [6.07, 6.45) is 0. The molecule has 1 N–H and O–H groups in total. The van der Waals surface area contributed by atoms with Gasteiger partial charge in [0.05, 0.1) is 20.8 Å². The van der Waals surface area contributed by atoms with E-state index in [0.717, 1.165) is 27.0 Å². The zero-order chi connectivity index (χ0) is 20.8. The lowest BCUT2D eigenvalue weighted by atomic mass is 9.77. The number of benzene rings is 1. The van der Waals surface area contributed by atoms with E-state index in [9.17, 15) is 45.6 Å². The Kier molecular flexibility index (Phi) is 4.44. The summed E-state index contributed by atoms with van der Waals surface area (Å²) in [7, 11) is 1.08. The number of fused-ring (bicyclic) bond motifs is 1. The molecule has 0 aliphatic carbocycles. The molecule has 144 valence electrons. The SMILES string of the molecule is CN1C(O)=C([N+](=O)[O-])[C@H](C(C)(C)[N+](=O)[O-])c2cc([N+](=O)[O-])cc([N+](=O)[O-])c21. The Bertz CT molecular complexity index is 923. The molecule has 14 heteroatoms. The van der Waals surface area contributed by atoms with E-state index in [1.807, 2.05) is 0 Å². The highest BCUT2D eigenvalue weighted by molar-refractivity contribution is 5.76. The van der Waals surface area contributed by atoms with Crippen molar-refractivity contribution in [2.45, 2.75) is 25.3 Å². The van der Waals surface area contributed by atoms with E-state index < -0.39 is 59.8 Å². The molecule has 0 aromatic heterocycles. The first-order valence-corrected chi connectivity index (χ1v) is 7.24. The van der Waals surface area contributed by atoms with Crippen LogP contribution in [0.5, 0.6) is 0 Å². The van der Waals surface area contributed by atoms with Crippen LogP contribution in [-0.2, 0) is 0 Å². The second-order valence-corrected chi connectivity index (χ2v) is 6.29. The van der Waals surface area contributed by atoms with Gasteiger partial charge in [-0.25, -0.2) is 0 Å². The normalized spacial score (nSPS) is 16.7. The molecule has 0 spiro atoms. The molecule has 0 radical (unpaired) electrons. The lowest BCUT2D eigenvalue weighted by Gasteiger charge is -2.33. The summed E-state index contributed by atoms with van der Waals surface area (Å²) in [5, 5.41) is 55.8. The first-order valence-electron chi connectivity index (χ1n) is 7.24. The largest absolute Gasteiger partial charge is 0.490 e. The van der Waals surface area contributed by atoms with Gasteiger partial charge in [0.15, 0.2) is 5.92 Å². The van der Waals surface area contributed by atoms with Crippen LogP contribution in [0.1, 0.15) is 25.3 Å². The van der Waals surface area contributed by atoms with Gasteiger partial charge in [-0.1, -0.05) is 0 Å². The number of anilines is 1. The molecule has 14 nitrogen and oxygen atoms in total.